The number of aliphatic hydroxyl groups is 1. The Balaban J connectivity index is 1.80. The van der Waals surface area contributed by atoms with Crippen molar-refractivity contribution in [1.82, 2.24) is 14.3 Å². The van der Waals surface area contributed by atoms with E-state index in [1.165, 1.54) is 10.6 Å². The SMILES string of the molecule is Cc1nc(C2CCN2S(C)(=O)=O)cc(N2CCC(CO)CC2)n1. The molecule has 3 heterocycles. The van der Waals surface area contributed by atoms with Gasteiger partial charge in [0.05, 0.1) is 18.0 Å². The van der Waals surface area contributed by atoms with Gasteiger partial charge in [-0.15, -0.1) is 0 Å². The zero-order chi connectivity index (χ0) is 16.6. The van der Waals surface area contributed by atoms with Gasteiger partial charge in [-0.05, 0) is 32.1 Å². The quantitative estimate of drug-likeness (QED) is 0.868. The summed E-state index contributed by atoms with van der Waals surface area (Å²) in [6.07, 6.45) is 3.95. The van der Waals surface area contributed by atoms with Crippen LogP contribution in [0.5, 0.6) is 0 Å². The van der Waals surface area contributed by atoms with Gasteiger partial charge < -0.3 is 10.0 Å². The third-order valence-electron chi connectivity index (χ3n) is 4.78. The van der Waals surface area contributed by atoms with Crippen LogP contribution in [0.4, 0.5) is 5.82 Å². The second-order valence-corrected chi connectivity index (χ2v) is 8.42. The summed E-state index contributed by atoms with van der Waals surface area (Å²) in [5, 5.41) is 9.25. The molecule has 0 bridgehead atoms. The maximum Gasteiger partial charge on any atom is 0.211 e. The van der Waals surface area contributed by atoms with Crippen molar-refractivity contribution in [2.75, 3.05) is 37.4 Å². The molecular weight excluding hydrogens is 316 g/mol. The largest absolute Gasteiger partial charge is 0.396 e. The predicted molar refractivity (Wildman–Crippen MR) is 87.7 cm³/mol. The van der Waals surface area contributed by atoms with Crippen molar-refractivity contribution in [3.05, 3.63) is 17.6 Å². The summed E-state index contributed by atoms with van der Waals surface area (Å²) in [6, 6.07) is 1.76. The van der Waals surface area contributed by atoms with E-state index in [-0.39, 0.29) is 12.6 Å². The van der Waals surface area contributed by atoms with E-state index in [1.54, 1.807) is 0 Å². The normalized spacial score (nSPS) is 23.8. The molecule has 8 heteroatoms. The minimum absolute atomic E-state index is 0.166. The number of aliphatic hydroxyl groups excluding tert-OH is 1. The molecule has 7 nitrogen and oxygen atoms in total. The van der Waals surface area contributed by atoms with Crippen molar-refractivity contribution < 1.29 is 13.5 Å². The van der Waals surface area contributed by atoms with Gasteiger partial charge in [0.2, 0.25) is 10.0 Å². The Morgan fingerprint density at radius 2 is 1.91 bits per heavy atom. The van der Waals surface area contributed by atoms with E-state index in [9.17, 15) is 13.5 Å². The number of hydrogen-bond donors (Lipinski definition) is 1. The molecule has 2 aliphatic heterocycles. The lowest BCUT2D eigenvalue weighted by atomic mass is 9.97. The lowest BCUT2D eigenvalue weighted by Gasteiger charge is -2.39. The Labute approximate surface area is 137 Å². The third kappa shape index (κ3) is 3.49. The molecule has 0 radical (unpaired) electrons. The van der Waals surface area contributed by atoms with E-state index in [2.05, 4.69) is 14.9 Å². The van der Waals surface area contributed by atoms with Crippen molar-refractivity contribution in [1.29, 1.82) is 0 Å². The van der Waals surface area contributed by atoms with Crippen LogP contribution < -0.4 is 4.90 Å². The average Bonchev–Trinajstić information content (AvgIpc) is 2.44. The second-order valence-electron chi connectivity index (χ2n) is 6.49. The maximum atomic E-state index is 11.8. The van der Waals surface area contributed by atoms with E-state index in [1.807, 2.05) is 13.0 Å². The van der Waals surface area contributed by atoms with E-state index in [0.29, 0.717) is 18.3 Å². The van der Waals surface area contributed by atoms with Crippen LogP contribution in [-0.2, 0) is 10.0 Å². The Hall–Kier alpha value is -1.25. The minimum Gasteiger partial charge on any atom is -0.396 e. The molecule has 23 heavy (non-hydrogen) atoms. The maximum absolute atomic E-state index is 11.8. The molecule has 1 N–H and O–H groups in total. The Bertz CT molecular complexity index is 671. The molecule has 2 fully saturated rings. The van der Waals surface area contributed by atoms with Crippen molar-refractivity contribution >= 4 is 15.8 Å². The lowest BCUT2D eigenvalue weighted by molar-refractivity contribution is 0.198. The summed E-state index contributed by atoms with van der Waals surface area (Å²) in [6.45, 7) is 4.37. The van der Waals surface area contributed by atoms with Gasteiger partial charge in [0.15, 0.2) is 0 Å². The number of piperidine rings is 1. The zero-order valence-electron chi connectivity index (χ0n) is 13.6. The zero-order valence-corrected chi connectivity index (χ0v) is 14.5. The molecule has 1 atom stereocenters. The Morgan fingerprint density at radius 3 is 2.43 bits per heavy atom. The van der Waals surface area contributed by atoms with E-state index in [0.717, 1.165) is 43.9 Å². The highest BCUT2D eigenvalue weighted by Crippen LogP contribution is 2.35. The number of sulfonamides is 1. The third-order valence-corrected chi connectivity index (χ3v) is 6.07. The van der Waals surface area contributed by atoms with Crippen LogP contribution in [0.2, 0.25) is 0 Å². The van der Waals surface area contributed by atoms with Gasteiger partial charge in [-0.1, -0.05) is 0 Å². The first-order valence-electron chi connectivity index (χ1n) is 8.06. The van der Waals surface area contributed by atoms with Crippen LogP contribution in [0, 0.1) is 12.8 Å². The predicted octanol–water partition coefficient (Wildman–Crippen LogP) is 0.700. The first-order valence-corrected chi connectivity index (χ1v) is 9.91. The summed E-state index contributed by atoms with van der Waals surface area (Å²) in [5.74, 6) is 1.91. The number of aromatic nitrogens is 2. The molecule has 2 saturated heterocycles. The molecule has 3 rings (SSSR count). The number of rotatable bonds is 4. The molecule has 0 saturated carbocycles. The second kappa shape index (κ2) is 6.33. The van der Waals surface area contributed by atoms with Gasteiger partial charge >= 0.3 is 0 Å². The molecule has 1 unspecified atom stereocenters. The molecule has 1 aromatic rings. The monoisotopic (exact) mass is 340 g/mol. The van der Waals surface area contributed by atoms with Gasteiger partial charge in [-0.25, -0.2) is 18.4 Å². The van der Waals surface area contributed by atoms with Crippen molar-refractivity contribution in [3.63, 3.8) is 0 Å². The standard InChI is InChI=1S/C15H24N4O3S/c1-11-16-13(14-5-8-19(14)23(2,21)22)9-15(17-11)18-6-3-12(10-20)4-7-18/h9,12,14,20H,3-8,10H2,1-2H3. The van der Waals surface area contributed by atoms with Gasteiger partial charge in [-0.3, -0.25) is 0 Å². The van der Waals surface area contributed by atoms with Crippen molar-refractivity contribution in [2.45, 2.75) is 32.2 Å². The summed E-state index contributed by atoms with van der Waals surface area (Å²) >= 11 is 0. The molecule has 0 aliphatic carbocycles. The van der Waals surface area contributed by atoms with E-state index < -0.39 is 10.0 Å². The van der Waals surface area contributed by atoms with Gasteiger partial charge in [-0.2, -0.15) is 4.31 Å². The van der Waals surface area contributed by atoms with Crippen LogP contribution >= 0.6 is 0 Å². The number of aryl methyl sites for hydroxylation is 1. The fraction of sp³-hybridized carbons (Fsp3) is 0.733. The highest BCUT2D eigenvalue weighted by Gasteiger charge is 2.37. The van der Waals surface area contributed by atoms with Crippen LogP contribution in [0.1, 0.15) is 36.8 Å². The lowest BCUT2D eigenvalue weighted by Crippen LogP contribution is -2.45. The molecule has 128 valence electrons. The molecule has 1 aromatic heterocycles. The number of anilines is 1. The number of hydrogen-bond acceptors (Lipinski definition) is 6. The fourth-order valence-corrected chi connectivity index (χ4v) is 4.42. The first-order chi connectivity index (χ1) is 10.9. The smallest absolute Gasteiger partial charge is 0.211 e. The topological polar surface area (TPSA) is 86.6 Å². The fourth-order valence-electron chi connectivity index (χ4n) is 3.31. The van der Waals surface area contributed by atoms with Gasteiger partial charge in [0.25, 0.3) is 0 Å². The molecule has 2 aliphatic rings. The molecular formula is C15H24N4O3S. The van der Waals surface area contributed by atoms with Crippen molar-refractivity contribution in [2.24, 2.45) is 5.92 Å². The van der Waals surface area contributed by atoms with Crippen LogP contribution in [-0.4, -0.2) is 60.3 Å². The summed E-state index contributed by atoms with van der Waals surface area (Å²) in [5.41, 5.74) is 0.786. The van der Waals surface area contributed by atoms with Crippen LogP contribution in [0.3, 0.4) is 0 Å². The molecule has 0 amide bonds. The first kappa shape index (κ1) is 16.6. The average molecular weight is 340 g/mol. The van der Waals surface area contributed by atoms with Gasteiger partial charge in [0, 0.05) is 32.3 Å². The van der Waals surface area contributed by atoms with Crippen molar-refractivity contribution in [3.8, 4) is 0 Å². The summed E-state index contributed by atoms with van der Waals surface area (Å²) in [4.78, 5) is 11.2. The van der Waals surface area contributed by atoms with Crippen LogP contribution in [0.25, 0.3) is 0 Å². The molecule has 0 aromatic carbocycles. The highest BCUT2D eigenvalue weighted by molar-refractivity contribution is 7.88. The van der Waals surface area contributed by atoms with Gasteiger partial charge in [0.1, 0.15) is 11.6 Å². The van der Waals surface area contributed by atoms with E-state index >= 15 is 0 Å². The summed E-state index contributed by atoms with van der Waals surface area (Å²) in [7, 11) is -3.19. The van der Waals surface area contributed by atoms with E-state index in [4.69, 9.17) is 0 Å². The Kier molecular flexibility index (Phi) is 4.57. The number of nitrogens with zero attached hydrogens (tertiary/aromatic N) is 4. The molecule has 0 spiro atoms. The Morgan fingerprint density at radius 1 is 1.22 bits per heavy atom. The van der Waals surface area contributed by atoms with Crippen LogP contribution in [0.15, 0.2) is 6.07 Å². The minimum atomic E-state index is -3.19. The highest BCUT2D eigenvalue weighted by atomic mass is 32.2. The summed E-state index contributed by atoms with van der Waals surface area (Å²) < 4.78 is 25.1.